The van der Waals surface area contributed by atoms with Gasteiger partial charge in [-0.2, -0.15) is 5.10 Å². The molecule has 2 aromatic rings. The lowest BCUT2D eigenvalue weighted by Gasteiger charge is -2.12. The van der Waals surface area contributed by atoms with Gasteiger partial charge in [0.15, 0.2) is 6.61 Å². The van der Waals surface area contributed by atoms with E-state index in [0.717, 1.165) is 11.6 Å². The Bertz CT molecular complexity index is 850. The number of nitro groups is 1. The zero-order valence-electron chi connectivity index (χ0n) is 14.1. The van der Waals surface area contributed by atoms with Gasteiger partial charge in [0.25, 0.3) is 11.6 Å². The van der Waals surface area contributed by atoms with Crippen LogP contribution in [0.5, 0.6) is 17.2 Å². The minimum absolute atomic E-state index is 0.185. The Hall–Kier alpha value is -3.62. The van der Waals surface area contributed by atoms with E-state index in [-0.39, 0.29) is 17.9 Å². The topological polar surface area (TPSA) is 126 Å². The third-order valence-electron chi connectivity index (χ3n) is 3.24. The number of nitro benzene ring substituents is 1. The van der Waals surface area contributed by atoms with Crippen molar-refractivity contribution in [3.05, 3.63) is 57.6 Å². The number of amides is 1. The minimum Gasteiger partial charge on any atom is -0.865 e. The normalized spacial score (nSPS) is 10.5. The van der Waals surface area contributed by atoms with E-state index in [9.17, 15) is 20.0 Å². The van der Waals surface area contributed by atoms with Crippen LogP contribution < -0.4 is 20.0 Å². The van der Waals surface area contributed by atoms with E-state index in [1.165, 1.54) is 19.4 Å². The molecule has 1 N–H and O–H groups in total. The highest BCUT2D eigenvalue weighted by atomic mass is 16.6. The summed E-state index contributed by atoms with van der Waals surface area (Å²) in [5, 5.41) is 26.3. The second kappa shape index (κ2) is 8.47. The average Bonchev–Trinajstić information content (AvgIpc) is 2.61. The lowest BCUT2D eigenvalue weighted by Crippen LogP contribution is -2.24. The fraction of sp³-hybridized carbons (Fsp3) is 0.176. The summed E-state index contributed by atoms with van der Waals surface area (Å²) in [5.41, 5.74) is 2.82. The number of aryl methyl sites for hydroxylation is 1. The van der Waals surface area contributed by atoms with Gasteiger partial charge in [0.05, 0.1) is 18.2 Å². The Morgan fingerprint density at radius 2 is 2.12 bits per heavy atom. The number of rotatable bonds is 7. The molecule has 0 saturated carbocycles. The lowest BCUT2D eigenvalue weighted by atomic mass is 10.2. The van der Waals surface area contributed by atoms with Crippen LogP contribution in [0.2, 0.25) is 0 Å². The van der Waals surface area contributed by atoms with Gasteiger partial charge in [-0.3, -0.25) is 14.9 Å². The van der Waals surface area contributed by atoms with Crippen molar-refractivity contribution < 1.29 is 24.3 Å². The minimum atomic E-state index is -0.828. The first-order valence-electron chi connectivity index (χ1n) is 7.45. The van der Waals surface area contributed by atoms with Crippen molar-refractivity contribution >= 4 is 17.8 Å². The van der Waals surface area contributed by atoms with E-state index < -0.39 is 22.3 Å². The molecular weight excluding hydrogens is 342 g/mol. The van der Waals surface area contributed by atoms with Gasteiger partial charge in [0.2, 0.25) is 0 Å². The first kappa shape index (κ1) is 18.7. The second-order valence-corrected chi connectivity index (χ2v) is 5.23. The molecule has 0 bridgehead atoms. The third kappa shape index (κ3) is 4.94. The quantitative estimate of drug-likeness (QED) is 0.454. The predicted molar refractivity (Wildman–Crippen MR) is 91.5 cm³/mol. The monoisotopic (exact) mass is 358 g/mol. The molecule has 0 atom stereocenters. The van der Waals surface area contributed by atoms with Crippen molar-refractivity contribution in [2.75, 3.05) is 13.7 Å². The number of ether oxygens (including phenoxy) is 2. The van der Waals surface area contributed by atoms with E-state index in [4.69, 9.17) is 9.47 Å². The maximum atomic E-state index is 11.7. The molecule has 9 nitrogen and oxygen atoms in total. The molecule has 136 valence electrons. The molecule has 0 aliphatic carbocycles. The van der Waals surface area contributed by atoms with Crippen LogP contribution in [0.25, 0.3) is 0 Å². The highest BCUT2D eigenvalue weighted by Gasteiger charge is 2.12. The smallest absolute Gasteiger partial charge is 0.277 e. The zero-order chi connectivity index (χ0) is 19.1. The van der Waals surface area contributed by atoms with E-state index in [1.54, 1.807) is 18.2 Å². The van der Waals surface area contributed by atoms with Gasteiger partial charge in [-0.25, -0.2) is 5.43 Å². The molecule has 0 aromatic heterocycles. The number of methoxy groups -OCH3 is 1. The van der Waals surface area contributed by atoms with E-state index in [0.29, 0.717) is 5.75 Å². The fourth-order valence-corrected chi connectivity index (χ4v) is 2.04. The van der Waals surface area contributed by atoms with Crippen molar-refractivity contribution in [3.63, 3.8) is 0 Å². The summed E-state index contributed by atoms with van der Waals surface area (Å²) in [6.07, 6.45) is 1.17. The number of hydrogen-bond acceptors (Lipinski definition) is 7. The van der Waals surface area contributed by atoms with Crippen LogP contribution in [0.3, 0.4) is 0 Å². The Balaban J connectivity index is 1.98. The first-order valence-corrected chi connectivity index (χ1v) is 7.45. The number of carbonyl (C=O) groups excluding carboxylic acids is 1. The van der Waals surface area contributed by atoms with E-state index in [1.807, 2.05) is 13.0 Å². The Labute approximate surface area is 149 Å². The SMILES string of the molecule is COc1cc(/C=N\NC(=O)COc2cccc(C)c2)cc([N+](=O)[O-])c1[O-]. The molecule has 0 heterocycles. The van der Waals surface area contributed by atoms with Gasteiger partial charge in [-0.15, -0.1) is 0 Å². The molecule has 1 amide bonds. The maximum Gasteiger partial charge on any atom is 0.277 e. The predicted octanol–water partition coefficient (Wildman–Crippen LogP) is 1.51. The van der Waals surface area contributed by atoms with Gasteiger partial charge in [-0.1, -0.05) is 12.1 Å². The molecule has 0 saturated heterocycles. The summed E-state index contributed by atoms with van der Waals surface area (Å²) >= 11 is 0. The van der Waals surface area contributed by atoms with Crippen molar-refractivity contribution in [2.45, 2.75) is 6.92 Å². The first-order chi connectivity index (χ1) is 12.4. The second-order valence-electron chi connectivity index (χ2n) is 5.23. The number of nitrogens with zero attached hydrogens (tertiary/aromatic N) is 2. The average molecular weight is 358 g/mol. The van der Waals surface area contributed by atoms with Crippen molar-refractivity contribution in [1.29, 1.82) is 0 Å². The number of hydrogen-bond donors (Lipinski definition) is 1. The largest absolute Gasteiger partial charge is 0.865 e. The molecular formula is C17H16N3O6-. The Kier molecular flexibility index (Phi) is 6.10. The van der Waals surface area contributed by atoms with Crippen LogP contribution >= 0.6 is 0 Å². The standard InChI is InChI=1S/C17H17N3O6/c1-11-4-3-5-13(6-11)26-10-16(21)19-18-9-12-7-14(20(23)24)17(22)15(8-12)25-2/h3-9,22H,10H2,1-2H3,(H,19,21)/p-1/b18-9-. The van der Waals surface area contributed by atoms with Gasteiger partial charge in [0.1, 0.15) is 11.5 Å². The molecule has 2 aromatic carbocycles. The van der Waals surface area contributed by atoms with Crippen molar-refractivity contribution in [2.24, 2.45) is 5.10 Å². The van der Waals surface area contributed by atoms with Crippen LogP contribution in [0.15, 0.2) is 41.5 Å². The van der Waals surface area contributed by atoms with Gasteiger partial charge in [0, 0.05) is 17.4 Å². The summed E-state index contributed by atoms with van der Waals surface area (Å²) in [5.74, 6) is -0.972. The lowest BCUT2D eigenvalue weighted by molar-refractivity contribution is -0.398. The van der Waals surface area contributed by atoms with E-state index >= 15 is 0 Å². The number of hydrazone groups is 1. The summed E-state index contributed by atoms with van der Waals surface area (Å²) in [6.45, 7) is 1.65. The summed E-state index contributed by atoms with van der Waals surface area (Å²) < 4.78 is 10.1. The van der Waals surface area contributed by atoms with Crippen LogP contribution in [0, 0.1) is 17.0 Å². The van der Waals surface area contributed by atoms with Crippen LogP contribution in [-0.4, -0.2) is 30.8 Å². The number of benzene rings is 2. The molecule has 0 fully saturated rings. The highest BCUT2D eigenvalue weighted by molar-refractivity contribution is 5.85. The number of nitrogens with one attached hydrogen (secondary N) is 1. The summed E-state index contributed by atoms with van der Waals surface area (Å²) in [4.78, 5) is 21.8. The summed E-state index contributed by atoms with van der Waals surface area (Å²) in [7, 11) is 1.23. The molecule has 0 aliphatic rings. The molecule has 26 heavy (non-hydrogen) atoms. The molecule has 2 rings (SSSR count). The van der Waals surface area contributed by atoms with Crippen LogP contribution in [0.4, 0.5) is 5.69 Å². The van der Waals surface area contributed by atoms with Crippen LogP contribution in [0.1, 0.15) is 11.1 Å². The van der Waals surface area contributed by atoms with E-state index in [2.05, 4.69) is 10.5 Å². The summed E-state index contributed by atoms with van der Waals surface area (Å²) in [6, 6.07) is 9.54. The molecule has 0 aliphatic heterocycles. The third-order valence-corrected chi connectivity index (χ3v) is 3.24. The maximum absolute atomic E-state index is 11.7. The zero-order valence-corrected chi connectivity index (χ0v) is 14.1. The van der Waals surface area contributed by atoms with Crippen molar-refractivity contribution in [3.8, 4) is 17.2 Å². The van der Waals surface area contributed by atoms with Gasteiger partial charge < -0.3 is 14.6 Å². The Morgan fingerprint density at radius 1 is 1.35 bits per heavy atom. The van der Waals surface area contributed by atoms with Gasteiger partial charge >= 0.3 is 0 Å². The van der Waals surface area contributed by atoms with Gasteiger partial charge in [-0.05, 0) is 30.7 Å². The van der Waals surface area contributed by atoms with Crippen LogP contribution in [-0.2, 0) is 4.79 Å². The molecule has 0 unspecified atom stereocenters. The molecule has 9 heteroatoms. The highest BCUT2D eigenvalue weighted by Crippen LogP contribution is 2.33. The fourth-order valence-electron chi connectivity index (χ4n) is 2.04. The molecule has 0 spiro atoms. The molecule has 0 radical (unpaired) electrons. The Morgan fingerprint density at radius 3 is 2.77 bits per heavy atom. The number of carbonyl (C=O) groups is 1. The van der Waals surface area contributed by atoms with Crippen molar-refractivity contribution in [1.82, 2.24) is 5.43 Å².